The first-order valence-corrected chi connectivity index (χ1v) is 9.27. The van der Waals surface area contributed by atoms with Gasteiger partial charge in [0, 0.05) is 23.4 Å². The maximum atomic E-state index is 12.8. The Labute approximate surface area is 155 Å². The fraction of sp³-hybridized carbons (Fsp3) is 0.476. The highest BCUT2D eigenvalue weighted by Gasteiger charge is 2.28. The van der Waals surface area contributed by atoms with E-state index >= 15 is 0 Å². The normalized spacial score (nSPS) is 13.0. The number of H-pyrrole nitrogens is 1. The van der Waals surface area contributed by atoms with Crippen LogP contribution in [0.25, 0.3) is 11.3 Å². The average molecular weight is 352 g/mol. The summed E-state index contributed by atoms with van der Waals surface area (Å²) in [7, 11) is 0. The van der Waals surface area contributed by atoms with Crippen LogP contribution in [0.1, 0.15) is 61.1 Å². The van der Waals surface area contributed by atoms with Gasteiger partial charge in [-0.1, -0.05) is 38.8 Å². The number of amides is 1. The number of aromatic amines is 1. The number of rotatable bonds is 8. The van der Waals surface area contributed by atoms with Gasteiger partial charge in [-0.25, -0.2) is 0 Å². The monoisotopic (exact) mass is 352 g/mol. The minimum absolute atomic E-state index is 0.138. The Morgan fingerprint density at radius 2 is 2.08 bits per heavy atom. The van der Waals surface area contributed by atoms with E-state index in [-0.39, 0.29) is 5.91 Å². The van der Waals surface area contributed by atoms with Crippen molar-refractivity contribution in [2.75, 3.05) is 6.54 Å². The third-order valence-corrected chi connectivity index (χ3v) is 4.99. The molecule has 0 bridgehead atoms. The first-order chi connectivity index (χ1) is 12.4. The fourth-order valence-electron chi connectivity index (χ4n) is 3.02. The average Bonchev–Trinajstić information content (AvgIpc) is 3.09. The van der Waals surface area contributed by atoms with E-state index in [2.05, 4.69) is 28.5 Å². The second-order valence-corrected chi connectivity index (χ2v) is 7.00. The summed E-state index contributed by atoms with van der Waals surface area (Å²) in [5, 5.41) is 19.8. The molecule has 0 aliphatic rings. The molecule has 5 nitrogen and oxygen atoms in total. The summed E-state index contributed by atoms with van der Waals surface area (Å²) >= 11 is 0. The summed E-state index contributed by atoms with van der Waals surface area (Å²) in [6.45, 7) is 8.37. The lowest BCUT2D eigenvalue weighted by atomic mass is 9.81. The maximum Gasteiger partial charge on any atom is 0.251 e. The van der Waals surface area contributed by atoms with Crippen molar-refractivity contribution in [3.8, 4) is 17.3 Å². The number of carbonyl (C=O) groups excluding carboxylic acids is 1. The van der Waals surface area contributed by atoms with Gasteiger partial charge < -0.3 is 5.32 Å². The van der Waals surface area contributed by atoms with Crippen LogP contribution in [0.5, 0.6) is 0 Å². The molecule has 0 saturated heterocycles. The molecular formula is C21H28N4O. The molecule has 0 aliphatic heterocycles. The van der Waals surface area contributed by atoms with E-state index in [1.54, 1.807) is 0 Å². The number of aromatic nitrogens is 2. The predicted octanol–water partition coefficient (Wildman–Crippen LogP) is 4.53. The van der Waals surface area contributed by atoms with E-state index in [4.69, 9.17) is 0 Å². The van der Waals surface area contributed by atoms with Crippen LogP contribution in [0.4, 0.5) is 0 Å². The minimum Gasteiger partial charge on any atom is -0.350 e. The van der Waals surface area contributed by atoms with Crippen molar-refractivity contribution in [1.82, 2.24) is 15.5 Å². The molecular weight excluding hydrogens is 324 g/mol. The molecule has 1 unspecified atom stereocenters. The number of nitriles is 1. The number of hydrogen-bond acceptors (Lipinski definition) is 3. The second kappa shape index (κ2) is 8.66. The molecule has 0 radical (unpaired) electrons. The van der Waals surface area contributed by atoms with Crippen molar-refractivity contribution in [2.24, 2.45) is 5.41 Å². The van der Waals surface area contributed by atoms with Gasteiger partial charge in [-0.3, -0.25) is 9.89 Å². The van der Waals surface area contributed by atoms with Crippen LogP contribution >= 0.6 is 0 Å². The van der Waals surface area contributed by atoms with Crippen LogP contribution in [0.2, 0.25) is 0 Å². The molecule has 5 heteroatoms. The van der Waals surface area contributed by atoms with Gasteiger partial charge in [-0.05, 0) is 44.4 Å². The van der Waals surface area contributed by atoms with Gasteiger partial charge in [0.05, 0.1) is 17.2 Å². The highest BCUT2D eigenvalue weighted by molar-refractivity contribution is 5.96. The van der Waals surface area contributed by atoms with E-state index in [9.17, 15) is 10.1 Å². The highest BCUT2D eigenvalue weighted by Crippen LogP contribution is 2.27. The van der Waals surface area contributed by atoms with E-state index in [0.29, 0.717) is 12.1 Å². The van der Waals surface area contributed by atoms with Gasteiger partial charge in [0.25, 0.3) is 5.91 Å². The molecule has 0 saturated carbocycles. The first-order valence-electron chi connectivity index (χ1n) is 9.27. The molecule has 1 aromatic carbocycles. The van der Waals surface area contributed by atoms with Gasteiger partial charge in [0.2, 0.25) is 0 Å². The van der Waals surface area contributed by atoms with Crippen molar-refractivity contribution >= 4 is 5.91 Å². The number of benzene rings is 1. The number of carbonyl (C=O) groups is 1. The third kappa shape index (κ3) is 4.51. The Morgan fingerprint density at radius 3 is 2.65 bits per heavy atom. The molecule has 0 spiro atoms. The first kappa shape index (κ1) is 19.7. The molecule has 138 valence electrons. The summed E-state index contributed by atoms with van der Waals surface area (Å²) in [4.78, 5) is 12.8. The number of hydrogen-bond donors (Lipinski definition) is 2. The van der Waals surface area contributed by atoms with E-state index in [1.165, 1.54) is 0 Å². The smallest absolute Gasteiger partial charge is 0.251 e. The lowest BCUT2D eigenvalue weighted by Gasteiger charge is -2.25. The lowest BCUT2D eigenvalue weighted by Crippen LogP contribution is -2.36. The maximum absolute atomic E-state index is 12.8. The summed E-state index contributed by atoms with van der Waals surface area (Å²) in [6, 6.07) is 10.2. The number of nitrogens with zero attached hydrogens (tertiary/aromatic N) is 2. The highest BCUT2D eigenvalue weighted by atomic mass is 16.1. The summed E-state index contributed by atoms with van der Waals surface area (Å²) < 4.78 is 0. The largest absolute Gasteiger partial charge is 0.350 e. The number of aryl methyl sites for hydroxylation is 2. The molecule has 0 fully saturated rings. The molecule has 1 amide bonds. The third-order valence-electron chi connectivity index (χ3n) is 4.99. The summed E-state index contributed by atoms with van der Waals surface area (Å²) in [6.07, 6.45) is 3.57. The number of unbranched alkanes of at least 4 members (excludes halogenated alkanes) is 1. The van der Waals surface area contributed by atoms with Crippen molar-refractivity contribution in [3.63, 3.8) is 0 Å². The van der Waals surface area contributed by atoms with Crippen LogP contribution in [0.3, 0.4) is 0 Å². The van der Waals surface area contributed by atoms with Gasteiger partial charge >= 0.3 is 0 Å². The molecule has 1 heterocycles. The van der Waals surface area contributed by atoms with Crippen LogP contribution in [0.15, 0.2) is 24.3 Å². The molecule has 1 aromatic heterocycles. The van der Waals surface area contributed by atoms with Crippen LogP contribution in [-0.2, 0) is 0 Å². The second-order valence-electron chi connectivity index (χ2n) is 7.00. The van der Waals surface area contributed by atoms with Gasteiger partial charge in [0.15, 0.2) is 0 Å². The van der Waals surface area contributed by atoms with Gasteiger partial charge in [0.1, 0.15) is 0 Å². The summed E-state index contributed by atoms with van der Waals surface area (Å²) in [5.74, 6) is -0.138. The van der Waals surface area contributed by atoms with Crippen molar-refractivity contribution in [1.29, 1.82) is 5.26 Å². The quantitative estimate of drug-likeness (QED) is 0.732. The Kier molecular flexibility index (Phi) is 6.57. The predicted molar refractivity (Wildman–Crippen MR) is 104 cm³/mol. The zero-order chi connectivity index (χ0) is 19.2. The SMILES string of the molecule is CCCCC(C#N)(CC)CNC(=O)c1cc(-c2cc(C)[nH]n2)ccc1C. The van der Waals surface area contributed by atoms with E-state index < -0.39 is 5.41 Å². The lowest BCUT2D eigenvalue weighted by molar-refractivity contribution is 0.0936. The molecule has 2 N–H and O–H groups in total. The molecule has 2 aromatic rings. The van der Waals surface area contributed by atoms with Crippen LogP contribution in [-0.4, -0.2) is 22.6 Å². The molecule has 2 rings (SSSR count). The van der Waals surface area contributed by atoms with E-state index in [0.717, 1.165) is 48.2 Å². The van der Waals surface area contributed by atoms with Crippen LogP contribution < -0.4 is 5.32 Å². The summed E-state index contributed by atoms with van der Waals surface area (Å²) in [5.41, 5.74) is 3.74. The Bertz CT molecular complexity index is 803. The van der Waals surface area contributed by atoms with Crippen LogP contribution in [0, 0.1) is 30.6 Å². The molecule has 26 heavy (non-hydrogen) atoms. The van der Waals surface area contributed by atoms with E-state index in [1.807, 2.05) is 45.0 Å². The van der Waals surface area contributed by atoms with Gasteiger partial charge in [-0.15, -0.1) is 0 Å². The Morgan fingerprint density at radius 1 is 1.31 bits per heavy atom. The Balaban J connectivity index is 2.17. The molecule has 0 aliphatic carbocycles. The minimum atomic E-state index is -0.490. The zero-order valence-electron chi connectivity index (χ0n) is 16.1. The van der Waals surface area contributed by atoms with Crippen molar-refractivity contribution in [3.05, 3.63) is 41.1 Å². The molecule has 1 atom stereocenters. The van der Waals surface area contributed by atoms with Crippen molar-refractivity contribution < 1.29 is 4.79 Å². The topological polar surface area (TPSA) is 81.6 Å². The standard InChI is InChI=1S/C21H28N4O/c1-5-7-10-21(6-2,13-22)14-23-20(26)18-12-17(9-8-15(18)3)19-11-16(4)24-25-19/h8-9,11-12H,5-7,10,14H2,1-4H3,(H,23,26)(H,24,25). The van der Waals surface area contributed by atoms with Gasteiger partial charge in [-0.2, -0.15) is 10.4 Å². The van der Waals surface area contributed by atoms with Crippen molar-refractivity contribution in [2.45, 2.75) is 53.4 Å². The number of nitrogens with one attached hydrogen (secondary N) is 2. The fourth-order valence-corrected chi connectivity index (χ4v) is 3.02. The Hall–Kier alpha value is -2.61. The zero-order valence-corrected chi connectivity index (χ0v) is 16.1.